The van der Waals surface area contributed by atoms with Crippen LogP contribution in [0.15, 0.2) is 102 Å². The zero-order chi connectivity index (χ0) is 32.1. The summed E-state index contributed by atoms with van der Waals surface area (Å²) in [5.41, 5.74) is 7.57. The van der Waals surface area contributed by atoms with Crippen LogP contribution in [0.3, 0.4) is 0 Å². The molecule has 2 amide bonds. The van der Waals surface area contributed by atoms with Crippen LogP contribution in [0.1, 0.15) is 21.5 Å². The van der Waals surface area contributed by atoms with Crippen molar-refractivity contribution in [1.29, 1.82) is 5.41 Å². The number of pyridine rings is 1. The number of benzene rings is 4. The highest BCUT2D eigenvalue weighted by atomic mass is 32.2. The molecule has 0 spiro atoms. The number of para-hydroxylation sites is 1. The summed E-state index contributed by atoms with van der Waals surface area (Å²) in [4.78, 5) is 41.1. The van der Waals surface area contributed by atoms with Crippen molar-refractivity contribution in [2.24, 2.45) is 5.73 Å². The molecular weight excluding hydrogens is 596 g/mol. The molecule has 13 heteroatoms. The molecule has 0 fully saturated rings. The van der Waals surface area contributed by atoms with E-state index in [-0.39, 0.29) is 34.4 Å². The Balaban J connectivity index is 1.49. The van der Waals surface area contributed by atoms with Crippen LogP contribution in [0, 0.1) is 5.41 Å². The number of aliphatic carboxylic acids is 1. The van der Waals surface area contributed by atoms with E-state index in [1.807, 2.05) is 0 Å². The Hall–Kier alpha value is -5.82. The lowest BCUT2D eigenvalue weighted by atomic mass is 10.0. The molecule has 0 bridgehead atoms. The van der Waals surface area contributed by atoms with Gasteiger partial charge in [-0.3, -0.25) is 29.1 Å². The third kappa shape index (κ3) is 6.73. The van der Waals surface area contributed by atoms with E-state index in [1.54, 1.807) is 78.9 Å². The largest absolute Gasteiger partial charge is 0.480 e. The number of nitrogens with zero attached hydrogens (tertiary/aromatic N) is 2. The van der Waals surface area contributed by atoms with E-state index in [0.29, 0.717) is 27.3 Å². The minimum atomic E-state index is -4.40. The van der Waals surface area contributed by atoms with Crippen molar-refractivity contribution >= 4 is 61.0 Å². The fourth-order valence-electron chi connectivity index (χ4n) is 4.78. The number of rotatable bonds is 11. The van der Waals surface area contributed by atoms with E-state index in [4.69, 9.17) is 16.2 Å². The number of nitrogens with two attached hydrogens (primary N) is 1. The van der Waals surface area contributed by atoms with Gasteiger partial charge in [-0.05, 0) is 46.7 Å². The first-order chi connectivity index (χ1) is 21.5. The lowest BCUT2D eigenvalue weighted by Gasteiger charge is -2.25. The second-order valence-corrected chi connectivity index (χ2v) is 11.8. The second kappa shape index (κ2) is 12.8. The van der Waals surface area contributed by atoms with E-state index in [9.17, 15) is 22.8 Å². The van der Waals surface area contributed by atoms with Gasteiger partial charge < -0.3 is 21.5 Å². The molecule has 0 saturated carbocycles. The van der Waals surface area contributed by atoms with Gasteiger partial charge in [-0.15, -0.1) is 0 Å². The van der Waals surface area contributed by atoms with Gasteiger partial charge in [-0.25, -0.2) is 8.42 Å². The Morgan fingerprint density at radius 2 is 1.60 bits per heavy atom. The van der Waals surface area contributed by atoms with Crippen LogP contribution in [0.5, 0.6) is 0 Å². The lowest BCUT2D eigenvalue weighted by Crippen LogP contribution is -2.42. The number of nitrogen functional groups attached to an aromatic ring is 1. The number of amides is 2. The third-order valence-corrected chi connectivity index (χ3v) is 8.81. The molecule has 12 nitrogen and oxygen atoms in total. The molecule has 0 aliphatic rings. The molecule has 0 atom stereocenters. The van der Waals surface area contributed by atoms with Gasteiger partial charge >= 0.3 is 5.97 Å². The summed E-state index contributed by atoms with van der Waals surface area (Å²) in [5.74, 6) is -2.51. The molecule has 0 saturated heterocycles. The van der Waals surface area contributed by atoms with Crippen molar-refractivity contribution in [3.05, 3.63) is 114 Å². The molecule has 6 N–H and O–H groups in total. The molecule has 5 aromatic rings. The van der Waals surface area contributed by atoms with Crippen LogP contribution >= 0.6 is 0 Å². The predicted molar refractivity (Wildman–Crippen MR) is 169 cm³/mol. The molecule has 0 unspecified atom stereocenters. The normalized spacial score (nSPS) is 11.2. The van der Waals surface area contributed by atoms with Crippen LogP contribution in [-0.4, -0.2) is 55.2 Å². The Kier molecular flexibility index (Phi) is 8.72. The average Bonchev–Trinajstić information content (AvgIpc) is 3.04. The first-order valence-corrected chi connectivity index (χ1v) is 15.1. The predicted octanol–water partition coefficient (Wildman–Crippen LogP) is 3.00. The van der Waals surface area contributed by atoms with Crippen LogP contribution in [0.4, 0.5) is 5.69 Å². The highest BCUT2D eigenvalue weighted by Crippen LogP contribution is 2.31. The SMILES string of the molecule is N=C(N)c1ccc(CNC(=O)c2cccc3cc(N(CC(=O)NCC(=O)O)S(=O)(=O)c4cccc5cccnc45)ccc23)cc1. The Morgan fingerprint density at radius 3 is 2.33 bits per heavy atom. The first kappa shape index (κ1) is 30.6. The molecule has 0 aliphatic heterocycles. The zero-order valence-corrected chi connectivity index (χ0v) is 24.5. The number of hydrogen-bond acceptors (Lipinski definition) is 7. The summed E-state index contributed by atoms with van der Waals surface area (Å²) in [6.45, 7) is -1.16. The van der Waals surface area contributed by atoms with E-state index in [2.05, 4.69) is 15.6 Å². The summed E-state index contributed by atoms with van der Waals surface area (Å²) in [7, 11) is -4.40. The molecule has 0 radical (unpaired) electrons. The van der Waals surface area contributed by atoms with E-state index in [0.717, 1.165) is 9.87 Å². The number of carboxylic acids is 1. The number of nitrogens with one attached hydrogen (secondary N) is 3. The third-order valence-electron chi connectivity index (χ3n) is 7.00. The van der Waals surface area contributed by atoms with Gasteiger partial charge in [0.15, 0.2) is 0 Å². The van der Waals surface area contributed by atoms with Crippen molar-refractivity contribution in [3.63, 3.8) is 0 Å². The van der Waals surface area contributed by atoms with Crippen LogP contribution in [0.25, 0.3) is 21.7 Å². The number of anilines is 1. The van der Waals surface area contributed by atoms with Crippen LogP contribution < -0.4 is 20.7 Å². The fraction of sp³-hybridized carbons (Fsp3) is 0.0938. The fourth-order valence-corrected chi connectivity index (χ4v) is 6.36. The van der Waals surface area contributed by atoms with E-state index in [1.165, 1.54) is 18.3 Å². The topological polar surface area (TPSA) is 196 Å². The van der Waals surface area contributed by atoms with Crippen molar-refractivity contribution in [3.8, 4) is 0 Å². The highest BCUT2D eigenvalue weighted by molar-refractivity contribution is 7.93. The van der Waals surface area contributed by atoms with Crippen molar-refractivity contribution in [2.75, 3.05) is 17.4 Å². The van der Waals surface area contributed by atoms with Crippen LogP contribution in [-0.2, 0) is 26.2 Å². The van der Waals surface area contributed by atoms with Crippen LogP contribution in [0.2, 0.25) is 0 Å². The zero-order valence-electron chi connectivity index (χ0n) is 23.7. The molecule has 228 valence electrons. The quantitative estimate of drug-likeness (QED) is 0.109. The maximum atomic E-state index is 14.1. The molecule has 5 rings (SSSR count). The minimum absolute atomic E-state index is 0.0539. The Labute approximate surface area is 258 Å². The smallest absolute Gasteiger partial charge is 0.322 e. The van der Waals surface area contributed by atoms with E-state index >= 15 is 0 Å². The summed E-state index contributed by atoms with van der Waals surface area (Å²) >= 11 is 0. The van der Waals surface area contributed by atoms with Gasteiger partial charge in [0.1, 0.15) is 23.8 Å². The van der Waals surface area contributed by atoms with Gasteiger partial charge in [0.05, 0.1) is 11.2 Å². The van der Waals surface area contributed by atoms with Crippen molar-refractivity contribution < 1.29 is 27.9 Å². The first-order valence-electron chi connectivity index (χ1n) is 13.6. The summed E-state index contributed by atoms with van der Waals surface area (Å²) in [5, 5.41) is 23.2. The monoisotopic (exact) mass is 624 g/mol. The summed E-state index contributed by atoms with van der Waals surface area (Å²) < 4.78 is 29.1. The minimum Gasteiger partial charge on any atom is -0.480 e. The van der Waals surface area contributed by atoms with Gasteiger partial charge in [-0.1, -0.05) is 60.7 Å². The maximum Gasteiger partial charge on any atom is 0.322 e. The van der Waals surface area contributed by atoms with Crippen molar-refractivity contribution in [1.82, 2.24) is 15.6 Å². The molecular formula is C32H28N6O6S. The number of amidine groups is 1. The number of hydrogen-bond donors (Lipinski definition) is 5. The number of carbonyl (C=O) groups is 3. The number of aromatic nitrogens is 1. The highest BCUT2D eigenvalue weighted by Gasteiger charge is 2.30. The molecule has 1 aromatic heterocycles. The van der Waals surface area contributed by atoms with Gasteiger partial charge in [0.25, 0.3) is 15.9 Å². The number of fused-ring (bicyclic) bond motifs is 2. The second-order valence-electron chi connectivity index (χ2n) is 10.0. The van der Waals surface area contributed by atoms with Gasteiger partial charge in [0, 0.05) is 29.3 Å². The lowest BCUT2D eigenvalue weighted by molar-refractivity contribution is -0.137. The van der Waals surface area contributed by atoms with Gasteiger partial charge in [-0.2, -0.15) is 0 Å². The molecule has 4 aromatic carbocycles. The number of carboxylic acid groups (broad SMARTS) is 1. The summed E-state index contributed by atoms with van der Waals surface area (Å²) in [6.07, 6.45) is 1.47. The molecule has 0 aliphatic carbocycles. The maximum absolute atomic E-state index is 14.1. The molecule has 1 heterocycles. The Morgan fingerprint density at radius 1 is 0.889 bits per heavy atom. The molecule has 45 heavy (non-hydrogen) atoms. The average molecular weight is 625 g/mol. The summed E-state index contributed by atoms with van der Waals surface area (Å²) in [6, 6.07) is 24.6. The number of sulfonamides is 1. The number of carbonyl (C=O) groups excluding carboxylic acids is 2. The Bertz CT molecular complexity index is 2060. The van der Waals surface area contributed by atoms with Gasteiger partial charge in [0.2, 0.25) is 5.91 Å². The van der Waals surface area contributed by atoms with Crippen molar-refractivity contribution in [2.45, 2.75) is 11.4 Å². The standard InChI is InChI=1S/C32H28N6O6S/c33-31(34)22-11-9-20(10-12-22)17-37-32(42)26-7-1-5-23-16-24(13-14-25(23)26)38(19-28(39)36-18-29(40)41)45(43,44)27-8-2-4-21-6-3-15-35-30(21)27/h1-16H,17-19H2,(H3,33,34)(H,36,39)(H,37,42)(H,40,41). The van der Waals surface area contributed by atoms with E-state index < -0.39 is 35.0 Å².